The zero-order valence-corrected chi connectivity index (χ0v) is 22.0. The van der Waals surface area contributed by atoms with Crippen molar-refractivity contribution in [1.82, 2.24) is 9.80 Å². The van der Waals surface area contributed by atoms with Crippen LogP contribution in [0.5, 0.6) is 0 Å². The monoisotopic (exact) mass is 535 g/mol. The molecule has 3 heterocycles. The summed E-state index contributed by atoms with van der Waals surface area (Å²) in [5, 5.41) is 0. The Kier molecular flexibility index (Phi) is 6.08. The number of benzene rings is 2. The second-order valence-electron chi connectivity index (χ2n) is 11.6. The number of likely N-dealkylation sites (tertiary alicyclic amines) is 1. The van der Waals surface area contributed by atoms with E-state index in [9.17, 15) is 28.0 Å². The molecule has 1 saturated carbocycles. The molecule has 39 heavy (non-hydrogen) atoms. The summed E-state index contributed by atoms with van der Waals surface area (Å²) >= 11 is 0. The first-order valence-corrected chi connectivity index (χ1v) is 13.7. The van der Waals surface area contributed by atoms with Crippen molar-refractivity contribution in [2.45, 2.75) is 70.0 Å². The molecule has 0 bridgehead atoms. The van der Waals surface area contributed by atoms with Gasteiger partial charge in [0.2, 0.25) is 11.8 Å². The summed E-state index contributed by atoms with van der Waals surface area (Å²) in [7, 11) is 0. The summed E-state index contributed by atoms with van der Waals surface area (Å²) in [5.41, 5.74) is -1.08. The molecule has 1 aliphatic carbocycles. The minimum atomic E-state index is -1.63. The van der Waals surface area contributed by atoms with Crippen LogP contribution in [-0.4, -0.2) is 45.1 Å². The molecule has 2 aromatic rings. The molecule has 5 amide bonds. The quantitative estimate of drug-likeness (QED) is 0.389. The van der Waals surface area contributed by atoms with E-state index in [-0.39, 0.29) is 30.0 Å². The van der Waals surface area contributed by atoms with Crippen LogP contribution < -0.4 is 4.90 Å². The van der Waals surface area contributed by atoms with Gasteiger partial charge in [-0.15, -0.1) is 0 Å². The van der Waals surface area contributed by atoms with Gasteiger partial charge in [0.1, 0.15) is 17.2 Å². The molecular formula is C30H31F2N3O4. The molecule has 6 rings (SSSR count). The zero-order chi connectivity index (χ0) is 27.6. The first kappa shape index (κ1) is 25.6. The number of rotatable bonds is 5. The highest BCUT2D eigenvalue weighted by atomic mass is 19.1. The third-order valence-corrected chi connectivity index (χ3v) is 8.86. The number of hydrogen-bond donors (Lipinski definition) is 0. The minimum absolute atomic E-state index is 0.0675. The molecule has 0 N–H and O–H groups in total. The lowest BCUT2D eigenvalue weighted by Crippen LogP contribution is -2.55. The molecule has 4 aliphatic rings. The van der Waals surface area contributed by atoms with Gasteiger partial charge in [-0.25, -0.2) is 18.5 Å². The summed E-state index contributed by atoms with van der Waals surface area (Å²) in [6.45, 7) is 3.80. The van der Waals surface area contributed by atoms with E-state index < -0.39 is 52.9 Å². The maximum atomic E-state index is 14.5. The summed E-state index contributed by atoms with van der Waals surface area (Å²) in [6, 6.07) is 8.84. The van der Waals surface area contributed by atoms with E-state index in [1.54, 1.807) is 0 Å². The average Bonchev–Trinajstić information content (AvgIpc) is 3.42. The first-order chi connectivity index (χ1) is 18.7. The smallest absolute Gasteiger partial charge is 0.300 e. The van der Waals surface area contributed by atoms with Crippen LogP contribution in [0, 0.1) is 29.4 Å². The molecule has 0 aromatic heterocycles. The van der Waals surface area contributed by atoms with Crippen molar-refractivity contribution in [2.24, 2.45) is 17.8 Å². The molecule has 2 aromatic carbocycles. The number of carbonyl (C=O) groups excluding carboxylic acids is 4. The predicted octanol–water partition coefficient (Wildman–Crippen LogP) is 5.21. The van der Waals surface area contributed by atoms with Gasteiger partial charge in [0.25, 0.3) is 5.91 Å². The second-order valence-corrected chi connectivity index (χ2v) is 11.6. The standard InChI is InChI=1S/C30H31F2N3O4/c1-17(2)16-30-24-23(26(36)33(27(24)37)21-8-4-3-5-9-21)25(18-11-13-19(31)14-12-18)35(30)29(39)34(28(30)38)22-10-6-7-20(32)15-22/h6-7,10-15,17,21,23-25H,3-5,8-9,16H2,1-2H3/t23-,24-,25-,30-/m1/s1. The van der Waals surface area contributed by atoms with Gasteiger partial charge in [-0.05, 0) is 61.1 Å². The molecule has 0 spiro atoms. The van der Waals surface area contributed by atoms with E-state index >= 15 is 0 Å². The van der Waals surface area contributed by atoms with Gasteiger partial charge in [-0.3, -0.25) is 19.3 Å². The number of carbonyl (C=O) groups is 4. The van der Waals surface area contributed by atoms with E-state index in [1.807, 2.05) is 13.8 Å². The van der Waals surface area contributed by atoms with Crippen molar-refractivity contribution in [2.75, 3.05) is 4.90 Å². The van der Waals surface area contributed by atoms with E-state index in [0.29, 0.717) is 18.4 Å². The topological polar surface area (TPSA) is 78.0 Å². The highest BCUT2D eigenvalue weighted by Crippen LogP contribution is 2.61. The fraction of sp³-hybridized carbons (Fsp3) is 0.467. The van der Waals surface area contributed by atoms with Crippen LogP contribution in [0.4, 0.5) is 19.3 Å². The van der Waals surface area contributed by atoms with Gasteiger partial charge in [-0.2, -0.15) is 0 Å². The number of fused-ring (bicyclic) bond motifs is 3. The molecular weight excluding hydrogens is 504 g/mol. The predicted molar refractivity (Wildman–Crippen MR) is 138 cm³/mol. The van der Waals surface area contributed by atoms with Crippen molar-refractivity contribution >= 4 is 29.4 Å². The summed E-state index contributed by atoms with van der Waals surface area (Å²) < 4.78 is 28.2. The van der Waals surface area contributed by atoms with Crippen LogP contribution in [0.15, 0.2) is 48.5 Å². The van der Waals surface area contributed by atoms with Crippen LogP contribution in [0.3, 0.4) is 0 Å². The van der Waals surface area contributed by atoms with Crippen LogP contribution >= 0.6 is 0 Å². The molecule has 9 heteroatoms. The van der Waals surface area contributed by atoms with Crippen molar-refractivity contribution in [3.05, 3.63) is 65.7 Å². The molecule has 7 nitrogen and oxygen atoms in total. The van der Waals surface area contributed by atoms with Gasteiger partial charge in [0, 0.05) is 6.04 Å². The van der Waals surface area contributed by atoms with Crippen LogP contribution in [0.2, 0.25) is 0 Å². The average molecular weight is 536 g/mol. The zero-order valence-electron chi connectivity index (χ0n) is 22.0. The van der Waals surface area contributed by atoms with Gasteiger partial charge in [0.15, 0.2) is 0 Å². The molecule has 0 radical (unpaired) electrons. The highest BCUT2D eigenvalue weighted by molar-refractivity contribution is 6.26. The Balaban J connectivity index is 1.56. The number of urea groups is 1. The largest absolute Gasteiger partial charge is 0.332 e. The lowest BCUT2D eigenvalue weighted by atomic mass is 9.74. The SMILES string of the molecule is CC(C)C[C@@]12C(=O)N(c3cccc(F)c3)C(=O)N1[C@H](c1ccc(F)cc1)[C@@H]1C(=O)N(C3CCCCC3)C(=O)[C@@H]12. The molecule has 3 saturated heterocycles. The number of halogens is 2. The molecule has 3 aliphatic heterocycles. The van der Waals surface area contributed by atoms with Crippen LogP contribution in [0.1, 0.15) is 64.0 Å². The molecule has 4 fully saturated rings. The highest BCUT2D eigenvalue weighted by Gasteiger charge is 2.77. The minimum Gasteiger partial charge on any atom is -0.300 e. The summed E-state index contributed by atoms with van der Waals surface area (Å²) in [6.07, 6.45) is 4.43. The van der Waals surface area contributed by atoms with Crippen LogP contribution in [0.25, 0.3) is 0 Å². The number of hydrogen-bond acceptors (Lipinski definition) is 4. The van der Waals surface area contributed by atoms with E-state index in [0.717, 1.165) is 30.2 Å². The maximum absolute atomic E-state index is 14.5. The van der Waals surface area contributed by atoms with Crippen molar-refractivity contribution in [3.8, 4) is 0 Å². The Morgan fingerprint density at radius 1 is 0.897 bits per heavy atom. The third kappa shape index (κ3) is 3.65. The normalized spacial score (nSPS) is 29.2. The van der Waals surface area contributed by atoms with Crippen LogP contribution in [-0.2, 0) is 14.4 Å². The Hall–Kier alpha value is -3.62. The van der Waals surface area contributed by atoms with Crippen molar-refractivity contribution < 1.29 is 28.0 Å². The Morgan fingerprint density at radius 2 is 1.59 bits per heavy atom. The second kappa shape index (κ2) is 9.24. The van der Waals surface area contributed by atoms with Gasteiger partial charge in [0.05, 0.1) is 23.6 Å². The van der Waals surface area contributed by atoms with Crippen molar-refractivity contribution in [3.63, 3.8) is 0 Å². The van der Waals surface area contributed by atoms with Crippen molar-refractivity contribution in [1.29, 1.82) is 0 Å². The Bertz CT molecular complexity index is 1360. The number of nitrogens with zero attached hydrogens (tertiary/aromatic N) is 3. The fourth-order valence-electron chi connectivity index (χ4n) is 7.50. The fourth-order valence-corrected chi connectivity index (χ4v) is 7.50. The number of amides is 5. The maximum Gasteiger partial charge on any atom is 0.332 e. The molecule has 204 valence electrons. The lowest BCUT2D eigenvalue weighted by molar-refractivity contribution is -0.147. The van der Waals surface area contributed by atoms with Gasteiger partial charge >= 0.3 is 6.03 Å². The van der Waals surface area contributed by atoms with E-state index in [4.69, 9.17) is 0 Å². The van der Waals surface area contributed by atoms with Gasteiger partial charge < -0.3 is 4.90 Å². The molecule has 4 atom stereocenters. The van der Waals surface area contributed by atoms with E-state index in [2.05, 4.69) is 0 Å². The lowest BCUT2D eigenvalue weighted by Gasteiger charge is -2.38. The Morgan fingerprint density at radius 3 is 2.23 bits per heavy atom. The summed E-state index contributed by atoms with van der Waals surface area (Å²) in [4.78, 5) is 60.8. The Labute approximate surface area is 225 Å². The number of imide groups is 2. The summed E-state index contributed by atoms with van der Waals surface area (Å²) in [5.74, 6) is -4.68. The first-order valence-electron chi connectivity index (χ1n) is 13.7. The van der Waals surface area contributed by atoms with E-state index in [1.165, 1.54) is 52.3 Å². The molecule has 0 unspecified atom stereocenters. The third-order valence-electron chi connectivity index (χ3n) is 8.86. The number of anilines is 1. The van der Waals surface area contributed by atoms with Gasteiger partial charge in [-0.1, -0.05) is 51.3 Å².